The highest BCUT2D eigenvalue weighted by molar-refractivity contribution is 7.09. The van der Waals surface area contributed by atoms with Crippen LogP contribution in [0.5, 0.6) is 0 Å². The lowest BCUT2D eigenvalue weighted by Gasteiger charge is -2.29. The van der Waals surface area contributed by atoms with Crippen molar-refractivity contribution in [1.82, 2.24) is 9.80 Å². The highest BCUT2D eigenvalue weighted by Gasteiger charge is 2.26. The van der Waals surface area contributed by atoms with Crippen molar-refractivity contribution in [2.24, 2.45) is 0 Å². The van der Waals surface area contributed by atoms with Crippen molar-refractivity contribution in [2.45, 2.75) is 83.9 Å². The van der Waals surface area contributed by atoms with Crippen molar-refractivity contribution in [1.29, 1.82) is 0 Å². The number of hydrogen-bond acceptors (Lipinski definition) is 4. The van der Waals surface area contributed by atoms with Gasteiger partial charge in [-0.1, -0.05) is 75.4 Å². The Morgan fingerprint density at radius 3 is 2.44 bits per heavy atom. The average Bonchev–Trinajstić information content (AvgIpc) is 3.55. The first-order valence-corrected chi connectivity index (χ1v) is 13.8. The molecule has 0 spiro atoms. The van der Waals surface area contributed by atoms with Crippen LogP contribution in [-0.2, 0) is 27.4 Å². The normalized spacial score (nSPS) is 15.4. The van der Waals surface area contributed by atoms with Gasteiger partial charge in [0.1, 0.15) is 0 Å². The van der Waals surface area contributed by atoms with E-state index in [1.165, 1.54) is 25.7 Å². The van der Waals surface area contributed by atoms with Gasteiger partial charge in [-0.15, -0.1) is 11.3 Å². The predicted octanol–water partition coefficient (Wildman–Crippen LogP) is 6.04. The molecular formula is C28H40N2O3S. The van der Waals surface area contributed by atoms with Crippen LogP contribution >= 0.6 is 11.3 Å². The summed E-state index contributed by atoms with van der Waals surface area (Å²) in [6.45, 7) is 4.69. The van der Waals surface area contributed by atoms with Crippen molar-refractivity contribution in [3.8, 4) is 0 Å². The van der Waals surface area contributed by atoms with Crippen LogP contribution in [0.25, 0.3) is 0 Å². The van der Waals surface area contributed by atoms with E-state index in [0.29, 0.717) is 26.1 Å². The van der Waals surface area contributed by atoms with Crippen LogP contribution in [0.3, 0.4) is 0 Å². The van der Waals surface area contributed by atoms with Crippen LogP contribution in [0.15, 0.2) is 47.8 Å². The summed E-state index contributed by atoms with van der Waals surface area (Å²) in [6.07, 6.45) is 9.40. The molecule has 0 aliphatic carbocycles. The van der Waals surface area contributed by atoms with E-state index in [4.69, 9.17) is 4.74 Å². The van der Waals surface area contributed by atoms with Crippen LogP contribution in [0.4, 0.5) is 0 Å². The third-order valence-corrected chi connectivity index (χ3v) is 7.23. The Morgan fingerprint density at radius 1 is 0.941 bits per heavy atom. The molecule has 186 valence electrons. The van der Waals surface area contributed by atoms with Gasteiger partial charge in [0.05, 0.1) is 19.2 Å². The Labute approximate surface area is 209 Å². The summed E-state index contributed by atoms with van der Waals surface area (Å²) in [4.78, 5) is 31.4. The van der Waals surface area contributed by atoms with E-state index < -0.39 is 0 Å². The Morgan fingerprint density at radius 2 is 1.74 bits per heavy atom. The molecule has 0 radical (unpaired) electrons. The van der Waals surface area contributed by atoms with Gasteiger partial charge in [0.2, 0.25) is 11.8 Å². The van der Waals surface area contributed by atoms with Gasteiger partial charge >= 0.3 is 0 Å². The van der Waals surface area contributed by atoms with Gasteiger partial charge in [0.25, 0.3) is 0 Å². The fourth-order valence-electron chi connectivity index (χ4n) is 4.39. The number of rotatable bonds is 15. The van der Waals surface area contributed by atoms with Gasteiger partial charge in [0.15, 0.2) is 0 Å². The van der Waals surface area contributed by atoms with Crippen molar-refractivity contribution < 1.29 is 14.3 Å². The van der Waals surface area contributed by atoms with E-state index in [1.54, 1.807) is 16.2 Å². The van der Waals surface area contributed by atoms with Crippen molar-refractivity contribution in [2.75, 3.05) is 19.7 Å². The molecule has 2 heterocycles. The molecule has 6 heteroatoms. The molecule has 3 rings (SSSR count). The number of amides is 2. The van der Waals surface area contributed by atoms with Crippen LogP contribution in [0.2, 0.25) is 0 Å². The van der Waals surface area contributed by atoms with Crippen LogP contribution in [0, 0.1) is 0 Å². The summed E-state index contributed by atoms with van der Waals surface area (Å²) in [5, 5.41) is 2.04. The van der Waals surface area contributed by atoms with E-state index in [0.717, 1.165) is 42.7 Å². The molecule has 0 N–H and O–H groups in total. The number of hydrogen-bond donors (Lipinski definition) is 0. The minimum atomic E-state index is -0.00783. The third-order valence-electron chi connectivity index (χ3n) is 6.37. The fourth-order valence-corrected chi connectivity index (χ4v) is 5.11. The maximum absolute atomic E-state index is 13.5. The summed E-state index contributed by atoms with van der Waals surface area (Å²) >= 11 is 1.66. The van der Waals surface area contributed by atoms with E-state index in [-0.39, 0.29) is 24.5 Å². The quantitative estimate of drug-likeness (QED) is 0.290. The Bertz CT molecular complexity index is 835. The van der Waals surface area contributed by atoms with E-state index in [2.05, 4.69) is 13.0 Å². The van der Waals surface area contributed by atoms with Crippen LogP contribution in [-0.4, -0.2) is 47.4 Å². The lowest BCUT2D eigenvalue weighted by molar-refractivity contribution is -0.142. The SMILES string of the molecule is CCCCCCCCC(=O)N(CC(=O)N(Cc1ccccc1)Cc1cccs1)C[C@H]1CCCO1. The van der Waals surface area contributed by atoms with Gasteiger partial charge in [-0.3, -0.25) is 9.59 Å². The highest BCUT2D eigenvalue weighted by Crippen LogP contribution is 2.18. The Balaban J connectivity index is 1.62. The number of carbonyl (C=O) groups is 2. The fraction of sp³-hybridized carbons (Fsp3) is 0.571. The second kappa shape index (κ2) is 14.9. The molecule has 1 saturated heterocycles. The molecule has 1 fully saturated rings. The zero-order valence-electron chi connectivity index (χ0n) is 20.6. The summed E-state index contributed by atoms with van der Waals surface area (Å²) < 4.78 is 5.81. The monoisotopic (exact) mass is 484 g/mol. The molecular weight excluding hydrogens is 444 g/mol. The zero-order valence-corrected chi connectivity index (χ0v) is 21.4. The molecule has 1 aliphatic heterocycles. The molecule has 2 aromatic rings. The Kier molecular flexibility index (Phi) is 11.6. The van der Waals surface area contributed by atoms with Gasteiger partial charge in [-0.25, -0.2) is 0 Å². The molecule has 5 nitrogen and oxygen atoms in total. The number of thiophene rings is 1. The maximum atomic E-state index is 13.5. The molecule has 1 aromatic carbocycles. The van der Waals surface area contributed by atoms with Crippen molar-refractivity contribution in [3.05, 3.63) is 58.3 Å². The van der Waals surface area contributed by atoms with Gasteiger partial charge in [-0.2, -0.15) is 0 Å². The summed E-state index contributed by atoms with van der Waals surface area (Å²) in [5.74, 6) is 0.0710. The lowest BCUT2D eigenvalue weighted by atomic mass is 10.1. The van der Waals surface area contributed by atoms with E-state index >= 15 is 0 Å². The minimum Gasteiger partial charge on any atom is -0.376 e. The predicted molar refractivity (Wildman–Crippen MR) is 139 cm³/mol. The highest BCUT2D eigenvalue weighted by atomic mass is 32.1. The van der Waals surface area contributed by atoms with Crippen molar-refractivity contribution in [3.63, 3.8) is 0 Å². The van der Waals surface area contributed by atoms with Crippen LogP contribution < -0.4 is 0 Å². The summed E-state index contributed by atoms with van der Waals surface area (Å²) in [5.41, 5.74) is 1.09. The maximum Gasteiger partial charge on any atom is 0.242 e. The molecule has 34 heavy (non-hydrogen) atoms. The molecule has 2 amide bonds. The number of ether oxygens (including phenoxy) is 1. The standard InChI is InChI=1S/C28H40N2O3S/c1-2-3-4-5-6-10-17-27(31)30(21-25-15-11-18-33-25)23-28(32)29(22-26-16-12-19-34-26)20-24-13-8-7-9-14-24/h7-9,12-14,16,19,25H,2-6,10-11,15,17-18,20-23H2,1H3/t25-/m1/s1. The molecule has 0 unspecified atom stereocenters. The minimum absolute atomic E-state index is 0.00783. The Hall–Kier alpha value is -2.18. The summed E-state index contributed by atoms with van der Waals surface area (Å²) in [7, 11) is 0. The average molecular weight is 485 g/mol. The number of nitrogens with zero attached hydrogens (tertiary/aromatic N) is 2. The first-order chi connectivity index (χ1) is 16.7. The second-order valence-electron chi connectivity index (χ2n) is 9.24. The van der Waals surface area contributed by atoms with Gasteiger partial charge in [0, 0.05) is 31.0 Å². The van der Waals surface area contributed by atoms with E-state index in [1.807, 2.05) is 46.7 Å². The number of unbranched alkanes of at least 4 members (excludes halogenated alkanes) is 5. The molecule has 0 bridgehead atoms. The lowest BCUT2D eigenvalue weighted by Crippen LogP contribution is -2.45. The molecule has 1 atom stereocenters. The zero-order chi connectivity index (χ0) is 24.0. The topological polar surface area (TPSA) is 49.9 Å². The summed E-state index contributed by atoms with van der Waals surface area (Å²) in [6, 6.07) is 14.1. The van der Waals surface area contributed by atoms with E-state index in [9.17, 15) is 9.59 Å². The first kappa shape index (κ1) is 26.4. The van der Waals surface area contributed by atoms with Gasteiger partial charge < -0.3 is 14.5 Å². The molecule has 1 aromatic heterocycles. The molecule has 0 saturated carbocycles. The first-order valence-electron chi connectivity index (χ1n) is 12.9. The van der Waals surface area contributed by atoms with Crippen molar-refractivity contribution >= 4 is 23.2 Å². The molecule has 1 aliphatic rings. The third kappa shape index (κ3) is 9.22. The smallest absolute Gasteiger partial charge is 0.242 e. The largest absolute Gasteiger partial charge is 0.376 e. The van der Waals surface area contributed by atoms with Gasteiger partial charge in [-0.05, 0) is 36.3 Å². The van der Waals surface area contributed by atoms with Crippen LogP contribution in [0.1, 0.15) is 75.2 Å². The second-order valence-corrected chi connectivity index (χ2v) is 10.3. The number of benzene rings is 1. The number of carbonyl (C=O) groups excluding carboxylic acids is 2.